The number of esters is 1. The summed E-state index contributed by atoms with van der Waals surface area (Å²) in [5.74, 6) is -6.69. The van der Waals surface area contributed by atoms with Gasteiger partial charge in [-0.05, 0) is 92.1 Å². The highest BCUT2D eigenvalue weighted by Gasteiger charge is 2.51. The number of methoxy groups -OCH3 is 1. The Kier molecular flexibility index (Phi) is 15.0. The molecule has 2 N–H and O–H groups in total. The van der Waals surface area contributed by atoms with E-state index in [0.717, 1.165) is 69.5 Å². The van der Waals surface area contributed by atoms with Crippen molar-refractivity contribution in [1.29, 1.82) is 0 Å². The van der Waals surface area contributed by atoms with Crippen LogP contribution in [0.4, 0.5) is 13.2 Å². The van der Waals surface area contributed by atoms with Crippen LogP contribution in [0.1, 0.15) is 76.8 Å². The minimum atomic E-state index is -4.91. The van der Waals surface area contributed by atoms with Crippen LogP contribution in [-0.4, -0.2) is 128 Å². The second-order valence-electron chi connectivity index (χ2n) is 19.7. The van der Waals surface area contributed by atoms with E-state index >= 15 is 4.79 Å². The molecule has 69 heavy (non-hydrogen) atoms. The number of hydrogen-bond donors (Lipinski definition) is 2. The predicted octanol–water partition coefficient (Wildman–Crippen LogP) is 5.50. The first kappa shape index (κ1) is 51.0. The zero-order valence-corrected chi connectivity index (χ0v) is 42.7. The Morgan fingerprint density at radius 3 is 2.51 bits per heavy atom. The number of aromatic nitrogens is 2. The summed E-state index contributed by atoms with van der Waals surface area (Å²) >= 11 is 0. The lowest BCUT2D eigenvalue weighted by molar-refractivity contribution is -0.190. The quantitative estimate of drug-likeness (QED) is 0.119. The van der Waals surface area contributed by atoms with E-state index in [-0.39, 0.29) is 55.4 Å². The van der Waals surface area contributed by atoms with Crippen LogP contribution in [0, 0.1) is 17.3 Å². The summed E-state index contributed by atoms with van der Waals surface area (Å²) in [6.07, 6.45) is -1.02. The molecule has 0 saturated carbocycles. The SMILES string of the molecule is C=CC(=O)N1CC[C@H](C(=O)N(C)[C@H](C(=O)N[C@@]2([SiH3])Cc3cccc(c3)-c3ccc4c(c3)c(c(-c3cccnc3[C@H](C)OC)n4CC)CC(C)(C)COC(=O)[C@@H]3CCCN(N3)C2=O)[C@H](C)C(F)(F)F)C1. The molecule has 18 heteroatoms. The van der Waals surface area contributed by atoms with Crippen molar-refractivity contribution in [3.8, 4) is 22.4 Å². The van der Waals surface area contributed by atoms with E-state index < -0.39 is 70.3 Å². The van der Waals surface area contributed by atoms with Crippen molar-refractivity contribution in [2.45, 2.75) is 103 Å². The van der Waals surface area contributed by atoms with Gasteiger partial charge in [0.05, 0.1) is 35.9 Å². The second kappa shape index (κ2) is 20.2. The van der Waals surface area contributed by atoms with E-state index in [4.69, 9.17) is 14.5 Å². The van der Waals surface area contributed by atoms with Crippen LogP contribution in [-0.2, 0) is 52.8 Å². The summed E-state index contributed by atoms with van der Waals surface area (Å²) in [6, 6.07) is 14.7. The molecule has 2 aromatic heterocycles. The van der Waals surface area contributed by atoms with Gasteiger partial charge in [-0.1, -0.05) is 57.7 Å². The summed E-state index contributed by atoms with van der Waals surface area (Å²) in [5, 5.41) is 3.25. The average molecular weight is 972 g/mol. The maximum Gasteiger partial charge on any atom is 0.394 e. The lowest BCUT2D eigenvalue weighted by Crippen LogP contribution is -2.69. The van der Waals surface area contributed by atoms with Crippen LogP contribution in [0.5, 0.6) is 0 Å². The van der Waals surface area contributed by atoms with Gasteiger partial charge in [-0.3, -0.25) is 34.0 Å². The molecule has 14 nitrogen and oxygen atoms in total. The Morgan fingerprint density at radius 1 is 1.07 bits per heavy atom. The van der Waals surface area contributed by atoms with Crippen molar-refractivity contribution in [3.63, 3.8) is 0 Å². The van der Waals surface area contributed by atoms with Crippen molar-refractivity contribution in [1.82, 2.24) is 35.1 Å². The molecule has 7 rings (SSSR count). The molecular formula is C51H64F3N7O7Si. The summed E-state index contributed by atoms with van der Waals surface area (Å²) in [6.45, 7) is 13.5. The van der Waals surface area contributed by atoms with Crippen LogP contribution in [0.3, 0.4) is 0 Å². The number of likely N-dealkylation sites (tertiary alicyclic amines) is 1. The number of nitrogens with one attached hydrogen (secondary N) is 2. The summed E-state index contributed by atoms with van der Waals surface area (Å²) in [7, 11) is 2.70. The summed E-state index contributed by atoms with van der Waals surface area (Å²) < 4.78 is 58.4. The molecule has 0 aliphatic carbocycles. The van der Waals surface area contributed by atoms with Crippen LogP contribution < -0.4 is 10.7 Å². The van der Waals surface area contributed by atoms with Gasteiger partial charge in [-0.15, -0.1) is 0 Å². The van der Waals surface area contributed by atoms with Crippen molar-refractivity contribution < 1.29 is 46.6 Å². The topological polar surface area (TPSA) is 155 Å². The fourth-order valence-electron chi connectivity index (χ4n) is 10.2. The van der Waals surface area contributed by atoms with Gasteiger partial charge in [0, 0.05) is 85.1 Å². The first-order chi connectivity index (χ1) is 32.6. The van der Waals surface area contributed by atoms with E-state index in [1.807, 2.05) is 51.1 Å². The molecule has 3 aliphatic rings. The molecule has 0 spiro atoms. The molecule has 6 bridgehead atoms. The van der Waals surface area contributed by atoms with Gasteiger partial charge in [0.1, 0.15) is 17.2 Å². The number of hydrogen-bond acceptors (Lipinski definition) is 9. The summed E-state index contributed by atoms with van der Waals surface area (Å²) in [4.78, 5) is 76.9. The molecular weight excluding hydrogens is 908 g/mol. The number of pyridine rings is 1. The Bertz CT molecular complexity index is 2640. The second-order valence-corrected chi connectivity index (χ2v) is 21.5. The Morgan fingerprint density at radius 2 is 1.81 bits per heavy atom. The number of carbonyl (C=O) groups excluding carboxylic acids is 5. The third kappa shape index (κ3) is 10.5. The number of alkyl halides is 3. The van der Waals surface area contributed by atoms with E-state index in [1.54, 1.807) is 19.4 Å². The molecule has 3 aliphatic heterocycles. The van der Waals surface area contributed by atoms with Crippen molar-refractivity contribution >= 4 is 50.7 Å². The molecule has 5 heterocycles. The molecule has 0 unspecified atom stereocenters. The lowest BCUT2D eigenvalue weighted by atomic mass is 9.84. The van der Waals surface area contributed by atoms with Gasteiger partial charge >= 0.3 is 12.1 Å². The van der Waals surface area contributed by atoms with Crippen LogP contribution >= 0.6 is 0 Å². The van der Waals surface area contributed by atoms with E-state index in [1.165, 1.54) is 9.91 Å². The maximum atomic E-state index is 15.0. The van der Waals surface area contributed by atoms with Gasteiger partial charge in [0.15, 0.2) is 0 Å². The Labute approximate surface area is 404 Å². The minimum absolute atomic E-state index is 0.0388. The maximum absolute atomic E-state index is 15.0. The largest absolute Gasteiger partial charge is 0.464 e. The van der Waals surface area contributed by atoms with Crippen molar-refractivity contribution in [2.24, 2.45) is 17.3 Å². The molecule has 370 valence electrons. The van der Waals surface area contributed by atoms with E-state index in [2.05, 4.69) is 47.0 Å². The van der Waals surface area contributed by atoms with Crippen LogP contribution in [0.2, 0.25) is 0 Å². The van der Waals surface area contributed by atoms with Crippen molar-refractivity contribution in [2.75, 3.05) is 40.4 Å². The average Bonchev–Trinajstić information content (AvgIpc) is 3.94. The van der Waals surface area contributed by atoms with Gasteiger partial charge in [-0.2, -0.15) is 13.2 Å². The lowest BCUT2D eigenvalue weighted by Gasteiger charge is -2.41. The number of aryl methyl sites for hydroxylation is 1. The fraction of sp³-hybridized carbons (Fsp3) is 0.490. The third-order valence-electron chi connectivity index (χ3n) is 14.0. The van der Waals surface area contributed by atoms with E-state index in [0.29, 0.717) is 31.4 Å². The normalized spacial score (nSPS) is 22.3. The zero-order valence-electron chi connectivity index (χ0n) is 40.7. The fourth-order valence-corrected chi connectivity index (χ4v) is 11.1. The highest BCUT2D eigenvalue weighted by Crippen LogP contribution is 2.42. The number of ether oxygens (including phenoxy) is 2. The smallest absolute Gasteiger partial charge is 0.394 e. The van der Waals surface area contributed by atoms with Crippen molar-refractivity contribution in [3.05, 3.63) is 90.3 Å². The highest BCUT2D eigenvalue weighted by atomic mass is 28.1. The number of nitrogens with zero attached hydrogens (tertiary/aromatic N) is 5. The predicted molar refractivity (Wildman–Crippen MR) is 259 cm³/mol. The molecule has 2 fully saturated rings. The number of benzene rings is 2. The zero-order chi connectivity index (χ0) is 50.2. The molecule has 2 saturated heterocycles. The van der Waals surface area contributed by atoms with E-state index in [9.17, 15) is 32.3 Å². The first-order valence-corrected chi connectivity index (χ1v) is 24.6. The number of rotatable bonds is 10. The highest BCUT2D eigenvalue weighted by molar-refractivity contribution is 6.29. The molecule has 2 aromatic carbocycles. The standard InChI is InChI=1S/C51H64F3N7O7Si/c1-9-41(62)59-23-20-35(28-59)46(64)58(7)43(30(3)51(52,53)54)45(63)56-50(69)26-32-14-11-15-33(24-32)34-18-19-40-37(25-34)38(44(60(40)10-2)36-16-12-21-55-42(36)31(4)67-8)27-49(5,6)29-68-47(65)39-17-13-22-61(57-39)48(50)66/h9,11-12,14-16,18-19,21,24-25,30-31,35,39,43,57H,1,10,13,17,20,22-23,26-29H2,2-8,69H3,(H,56,63)/t30-,31-,35-,39-,43-,50+/m0/s1. The van der Waals surface area contributed by atoms with Crippen LogP contribution in [0.25, 0.3) is 33.3 Å². The Balaban J connectivity index is 1.33. The number of halogens is 3. The summed E-state index contributed by atoms with van der Waals surface area (Å²) in [5.41, 5.74) is 9.47. The monoisotopic (exact) mass is 971 g/mol. The number of amides is 4. The molecule has 4 aromatic rings. The number of carbonyl (C=O) groups is 5. The van der Waals surface area contributed by atoms with Gasteiger partial charge in [0.25, 0.3) is 5.91 Å². The number of likely N-dealkylation sites (N-methyl/N-ethyl adjacent to an activating group) is 1. The third-order valence-corrected chi connectivity index (χ3v) is 15.1. The molecule has 0 radical (unpaired) electrons. The van der Waals surface area contributed by atoms with Gasteiger partial charge in [0.2, 0.25) is 17.7 Å². The first-order valence-electron chi connectivity index (χ1n) is 23.6. The number of hydrazine groups is 1. The van der Waals surface area contributed by atoms with Gasteiger partial charge in [-0.25, -0.2) is 5.43 Å². The number of cyclic esters (lactones) is 1. The van der Waals surface area contributed by atoms with Gasteiger partial charge < -0.3 is 29.2 Å². The molecule has 6 atom stereocenters. The Hall–Kier alpha value is -5.85. The minimum Gasteiger partial charge on any atom is -0.464 e. The molecule has 4 amide bonds. The van der Waals surface area contributed by atoms with Crippen LogP contribution in [0.15, 0.2) is 73.4 Å². The number of fused-ring (bicyclic) bond motifs is 6.